The van der Waals surface area contributed by atoms with Crippen LogP contribution in [0.25, 0.3) is 0 Å². The molecule has 0 unspecified atom stereocenters. The summed E-state index contributed by atoms with van der Waals surface area (Å²) in [7, 11) is 0. The van der Waals surface area contributed by atoms with Gasteiger partial charge in [-0.15, -0.1) is 0 Å². The zero-order valence-corrected chi connectivity index (χ0v) is 8.62. The Bertz CT molecular complexity index is 299. The number of hydrogen-bond donors (Lipinski definition) is 0. The van der Waals surface area contributed by atoms with Crippen LogP contribution in [-0.2, 0) is 10.6 Å². The predicted octanol–water partition coefficient (Wildman–Crippen LogP) is 2.43. The van der Waals surface area contributed by atoms with Crippen molar-refractivity contribution in [1.82, 2.24) is 0 Å². The molecule has 0 aromatic heterocycles. The molecule has 0 aliphatic rings. The van der Waals surface area contributed by atoms with E-state index in [1.807, 2.05) is 6.26 Å². The number of nitro benzene ring substituents is 1. The molecular formula is C9H11NO3S. The zero-order valence-electron chi connectivity index (χ0n) is 7.80. The van der Waals surface area contributed by atoms with E-state index in [1.165, 1.54) is 24.2 Å². The Kier molecular flexibility index (Phi) is 4.42. The molecule has 0 spiro atoms. The second kappa shape index (κ2) is 5.62. The quantitative estimate of drug-likeness (QED) is 0.326. The van der Waals surface area contributed by atoms with Crippen LogP contribution in [0.5, 0.6) is 0 Å². The van der Waals surface area contributed by atoms with Crippen molar-refractivity contribution in [3.63, 3.8) is 0 Å². The maximum atomic E-state index is 10.4. The molecule has 0 heterocycles. The highest BCUT2D eigenvalue weighted by Gasteiger charge is 2.03. The normalized spacial score (nSPS) is 10.1. The number of nitrogens with zero attached hydrogens (tertiary/aromatic N) is 1. The third kappa shape index (κ3) is 3.35. The lowest BCUT2D eigenvalue weighted by atomic mass is 10.1. The molecule has 0 atom stereocenters. The molecule has 0 aliphatic carbocycles. The molecule has 0 aliphatic heterocycles. The molecule has 1 aromatic rings. The van der Waals surface area contributed by atoms with Crippen LogP contribution in [0.2, 0.25) is 0 Å². The minimum atomic E-state index is -0.401. The maximum absolute atomic E-state index is 10.4. The van der Waals surface area contributed by atoms with Gasteiger partial charge in [-0.1, -0.05) is 12.1 Å². The fourth-order valence-corrected chi connectivity index (χ4v) is 1.28. The summed E-state index contributed by atoms with van der Waals surface area (Å²) in [5.74, 6) is 0. The first kappa shape index (κ1) is 11.0. The van der Waals surface area contributed by atoms with Crippen LogP contribution >= 0.6 is 12.0 Å². The smallest absolute Gasteiger partial charge is 0.269 e. The zero-order chi connectivity index (χ0) is 10.4. The molecule has 0 fully saturated rings. The molecule has 4 nitrogen and oxygen atoms in total. The number of hydrogen-bond acceptors (Lipinski definition) is 4. The van der Waals surface area contributed by atoms with E-state index < -0.39 is 4.92 Å². The Balaban J connectivity index is 2.51. The van der Waals surface area contributed by atoms with Gasteiger partial charge in [0.25, 0.3) is 5.69 Å². The fourth-order valence-electron chi connectivity index (χ4n) is 1.03. The molecule has 14 heavy (non-hydrogen) atoms. The van der Waals surface area contributed by atoms with E-state index >= 15 is 0 Å². The summed E-state index contributed by atoms with van der Waals surface area (Å²) in [6.45, 7) is 0.624. The SMILES string of the molecule is CSOCCc1ccc([N+](=O)[O-])cc1. The number of rotatable bonds is 5. The van der Waals surface area contributed by atoms with Crippen LogP contribution in [0.3, 0.4) is 0 Å². The van der Waals surface area contributed by atoms with Gasteiger partial charge in [0.1, 0.15) is 0 Å². The number of nitro groups is 1. The van der Waals surface area contributed by atoms with Crippen LogP contribution in [0, 0.1) is 10.1 Å². The van der Waals surface area contributed by atoms with E-state index in [0.29, 0.717) is 6.61 Å². The van der Waals surface area contributed by atoms with Crippen molar-refractivity contribution in [2.24, 2.45) is 0 Å². The van der Waals surface area contributed by atoms with Gasteiger partial charge in [-0.2, -0.15) is 0 Å². The third-order valence-electron chi connectivity index (χ3n) is 1.74. The Morgan fingerprint density at radius 1 is 1.43 bits per heavy atom. The van der Waals surface area contributed by atoms with Crippen LogP contribution < -0.4 is 0 Å². The largest absolute Gasteiger partial charge is 0.315 e. The minimum absolute atomic E-state index is 0.125. The van der Waals surface area contributed by atoms with E-state index in [4.69, 9.17) is 4.18 Å². The molecule has 0 saturated carbocycles. The highest BCUT2D eigenvalue weighted by molar-refractivity contribution is 7.93. The van der Waals surface area contributed by atoms with Gasteiger partial charge in [-0.25, -0.2) is 0 Å². The molecule has 76 valence electrons. The molecule has 0 radical (unpaired) electrons. The first-order valence-electron chi connectivity index (χ1n) is 4.13. The first-order valence-corrected chi connectivity index (χ1v) is 5.28. The third-order valence-corrected chi connectivity index (χ3v) is 2.14. The van der Waals surface area contributed by atoms with Crippen molar-refractivity contribution < 1.29 is 9.11 Å². The Morgan fingerprint density at radius 2 is 2.07 bits per heavy atom. The summed E-state index contributed by atoms with van der Waals surface area (Å²) >= 11 is 1.32. The highest BCUT2D eigenvalue weighted by atomic mass is 32.2. The minimum Gasteiger partial charge on any atom is -0.315 e. The topological polar surface area (TPSA) is 52.4 Å². The van der Waals surface area contributed by atoms with Gasteiger partial charge < -0.3 is 4.18 Å². The average Bonchev–Trinajstić information content (AvgIpc) is 2.19. The predicted molar refractivity (Wildman–Crippen MR) is 56.3 cm³/mol. The monoisotopic (exact) mass is 213 g/mol. The molecule has 0 amide bonds. The van der Waals surface area contributed by atoms with E-state index in [2.05, 4.69) is 0 Å². The Morgan fingerprint density at radius 3 is 2.57 bits per heavy atom. The van der Waals surface area contributed by atoms with Crippen LogP contribution in [-0.4, -0.2) is 17.8 Å². The lowest BCUT2D eigenvalue weighted by molar-refractivity contribution is -0.384. The standard InChI is InChI=1S/C9H11NO3S/c1-14-13-7-6-8-2-4-9(5-3-8)10(11)12/h2-5H,6-7H2,1H3. The lowest BCUT2D eigenvalue weighted by Gasteiger charge is -2.00. The molecule has 5 heteroatoms. The highest BCUT2D eigenvalue weighted by Crippen LogP contribution is 2.12. The van der Waals surface area contributed by atoms with Crippen molar-refractivity contribution in [2.75, 3.05) is 12.9 Å². The van der Waals surface area contributed by atoms with Gasteiger partial charge in [0, 0.05) is 18.4 Å². The molecule has 1 rings (SSSR count). The summed E-state index contributed by atoms with van der Waals surface area (Å²) in [5, 5.41) is 10.4. The summed E-state index contributed by atoms with van der Waals surface area (Å²) in [6.07, 6.45) is 2.63. The summed E-state index contributed by atoms with van der Waals surface area (Å²) < 4.78 is 5.10. The summed E-state index contributed by atoms with van der Waals surface area (Å²) in [6, 6.07) is 6.52. The van der Waals surface area contributed by atoms with E-state index in [0.717, 1.165) is 12.0 Å². The molecular weight excluding hydrogens is 202 g/mol. The van der Waals surface area contributed by atoms with Crippen LogP contribution in [0.15, 0.2) is 24.3 Å². The molecule has 0 N–H and O–H groups in total. The summed E-state index contributed by atoms with van der Waals surface area (Å²) in [4.78, 5) is 9.95. The van der Waals surface area contributed by atoms with Gasteiger partial charge in [0.05, 0.1) is 11.5 Å². The van der Waals surface area contributed by atoms with Gasteiger partial charge in [0.2, 0.25) is 0 Å². The fraction of sp³-hybridized carbons (Fsp3) is 0.333. The van der Waals surface area contributed by atoms with Crippen LogP contribution in [0.1, 0.15) is 5.56 Å². The Labute approximate surface area is 86.6 Å². The van der Waals surface area contributed by atoms with Crippen molar-refractivity contribution in [2.45, 2.75) is 6.42 Å². The van der Waals surface area contributed by atoms with Crippen molar-refractivity contribution in [3.05, 3.63) is 39.9 Å². The molecule has 0 saturated heterocycles. The maximum Gasteiger partial charge on any atom is 0.269 e. The van der Waals surface area contributed by atoms with Gasteiger partial charge >= 0.3 is 0 Å². The summed E-state index contributed by atoms with van der Waals surface area (Å²) in [5.41, 5.74) is 1.17. The van der Waals surface area contributed by atoms with E-state index in [1.54, 1.807) is 12.1 Å². The van der Waals surface area contributed by atoms with Crippen molar-refractivity contribution in [1.29, 1.82) is 0 Å². The lowest BCUT2D eigenvalue weighted by Crippen LogP contribution is -1.93. The van der Waals surface area contributed by atoms with Crippen molar-refractivity contribution in [3.8, 4) is 0 Å². The average molecular weight is 213 g/mol. The van der Waals surface area contributed by atoms with Gasteiger partial charge in [-0.3, -0.25) is 10.1 Å². The van der Waals surface area contributed by atoms with Gasteiger partial charge in [0.15, 0.2) is 0 Å². The molecule has 1 aromatic carbocycles. The number of non-ortho nitro benzene ring substituents is 1. The molecule has 0 bridgehead atoms. The number of benzene rings is 1. The second-order valence-electron chi connectivity index (χ2n) is 2.66. The second-order valence-corrected chi connectivity index (χ2v) is 3.23. The first-order chi connectivity index (χ1) is 6.74. The van der Waals surface area contributed by atoms with Crippen LogP contribution in [0.4, 0.5) is 5.69 Å². The van der Waals surface area contributed by atoms with Gasteiger partial charge in [-0.05, 0) is 24.0 Å². The van der Waals surface area contributed by atoms with E-state index in [-0.39, 0.29) is 5.69 Å². The van der Waals surface area contributed by atoms with Crippen molar-refractivity contribution >= 4 is 17.7 Å². The Hall–Kier alpha value is -1.07. The van der Waals surface area contributed by atoms with E-state index in [9.17, 15) is 10.1 Å².